The number of nitrogens with zero attached hydrogens (tertiary/aromatic N) is 1. The van der Waals surface area contributed by atoms with Crippen LogP contribution < -0.4 is 0 Å². The molecule has 0 aliphatic carbocycles. The van der Waals surface area contributed by atoms with Gasteiger partial charge in [-0.1, -0.05) is 30.3 Å². The molecule has 16 heavy (non-hydrogen) atoms. The van der Waals surface area contributed by atoms with Gasteiger partial charge in [-0.3, -0.25) is 0 Å². The van der Waals surface area contributed by atoms with Crippen LogP contribution in [0.15, 0.2) is 53.1 Å². The predicted octanol–water partition coefficient (Wildman–Crippen LogP) is 2.96. The predicted molar refractivity (Wildman–Crippen MR) is 64.9 cm³/mol. The molecule has 0 spiro atoms. The minimum absolute atomic E-state index is 0.891. The van der Waals surface area contributed by atoms with Crippen LogP contribution in [0.3, 0.4) is 0 Å². The van der Waals surface area contributed by atoms with E-state index in [1.54, 1.807) is 6.26 Å². The molecular weight excluding hydrogens is 198 g/mol. The maximum Gasteiger partial charge on any atom is 0.108 e. The van der Waals surface area contributed by atoms with E-state index in [1.165, 1.54) is 5.56 Å². The van der Waals surface area contributed by atoms with Gasteiger partial charge in [-0.05, 0) is 24.7 Å². The summed E-state index contributed by atoms with van der Waals surface area (Å²) in [5.41, 5.74) is 1.33. The lowest BCUT2D eigenvalue weighted by Gasteiger charge is -2.15. The maximum atomic E-state index is 5.25. The molecule has 0 amide bonds. The summed E-state index contributed by atoms with van der Waals surface area (Å²) in [6.45, 7) is 1.85. The third-order valence-corrected chi connectivity index (χ3v) is 2.44. The zero-order chi connectivity index (χ0) is 11.2. The van der Waals surface area contributed by atoms with Crippen molar-refractivity contribution in [2.24, 2.45) is 0 Å². The molecule has 1 aromatic heterocycles. The normalized spacial score (nSPS) is 10.9. The Morgan fingerprint density at radius 2 is 1.94 bits per heavy atom. The lowest BCUT2D eigenvalue weighted by atomic mass is 10.2. The minimum atomic E-state index is 0.891. The third-order valence-electron chi connectivity index (χ3n) is 2.44. The summed E-state index contributed by atoms with van der Waals surface area (Å²) in [6, 6.07) is 14.3. The van der Waals surface area contributed by atoms with E-state index in [1.807, 2.05) is 18.2 Å². The molecule has 0 unspecified atom stereocenters. The molecule has 1 radical (unpaired) electrons. The molecule has 0 aliphatic heterocycles. The maximum absolute atomic E-state index is 5.25. The second-order valence-corrected chi connectivity index (χ2v) is 3.90. The topological polar surface area (TPSA) is 16.4 Å². The molecular formula is C14H16NO. The average molecular weight is 214 g/mol. The van der Waals surface area contributed by atoms with Crippen molar-refractivity contribution >= 4 is 0 Å². The summed E-state index contributed by atoms with van der Waals surface area (Å²) in [7, 11) is 2.10. The van der Waals surface area contributed by atoms with Crippen molar-refractivity contribution in [1.82, 2.24) is 4.90 Å². The van der Waals surface area contributed by atoms with Crippen LogP contribution in [0.5, 0.6) is 0 Å². The summed E-state index contributed by atoms with van der Waals surface area (Å²) in [6.07, 6.45) is 3.78. The Morgan fingerprint density at radius 3 is 2.62 bits per heavy atom. The fourth-order valence-corrected chi connectivity index (χ4v) is 1.61. The van der Waals surface area contributed by atoms with Crippen molar-refractivity contribution in [2.75, 3.05) is 13.6 Å². The lowest BCUT2D eigenvalue weighted by molar-refractivity contribution is 0.349. The standard InChI is InChI=1S/C14H16NO/c1-15(10-9-14-8-5-11-16-14)12-13-6-3-2-4-7-13/h2-9,11H,10,12H2,1H3. The van der Waals surface area contributed by atoms with Crippen LogP contribution in [0.4, 0.5) is 0 Å². The zero-order valence-corrected chi connectivity index (χ0v) is 9.47. The van der Waals surface area contributed by atoms with E-state index < -0.39 is 0 Å². The van der Waals surface area contributed by atoms with E-state index in [-0.39, 0.29) is 0 Å². The van der Waals surface area contributed by atoms with Gasteiger partial charge in [-0.2, -0.15) is 0 Å². The van der Waals surface area contributed by atoms with Crippen molar-refractivity contribution in [3.8, 4) is 0 Å². The molecule has 0 fully saturated rings. The fraction of sp³-hybridized carbons (Fsp3) is 0.214. The van der Waals surface area contributed by atoms with E-state index in [4.69, 9.17) is 4.42 Å². The van der Waals surface area contributed by atoms with Gasteiger partial charge in [-0.25, -0.2) is 0 Å². The minimum Gasteiger partial charge on any atom is -0.469 e. The van der Waals surface area contributed by atoms with E-state index >= 15 is 0 Å². The summed E-state index contributed by atoms with van der Waals surface area (Å²) >= 11 is 0. The molecule has 2 nitrogen and oxygen atoms in total. The summed E-state index contributed by atoms with van der Waals surface area (Å²) in [5, 5.41) is 0. The zero-order valence-electron chi connectivity index (χ0n) is 9.47. The van der Waals surface area contributed by atoms with E-state index in [2.05, 4.69) is 42.6 Å². The highest BCUT2D eigenvalue weighted by atomic mass is 16.3. The molecule has 0 saturated carbocycles. The largest absolute Gasteiger partial charge is 0.469 e. The Labute approximate surface area is 96.5 Å². The Morgan fingerprint density at radius 1 is 1.12 bits per heavy atom. The first-order valence-corrected chi connectivity index (χ1v) is 5.44. The molecule has 0 saturated heterocycles. The quantitative estimate of drug-likeness (QED) is 0.760. The molecule has 0 aliphatic rings. The number of hydrogen-bond donors (Lipinski definition) is 0. The van der Waals surface area contributed by atoms with Crippen LogP contribution in [0.1, 0.15) is 11.3 Å². The van der Waals surface area contributed by atoms with Crippen LogP contribution in [0.2, 0.25) is 0 Å². The van der Waals surface area contributed by atoms with Gasteiger partial charge in [0.2, 0.25) is 0 Å². The van der Waals surface area contributed by atoms with Gasteiger partial charge < -0.3 is 9.32 Å². The van der Waals surface area contributed by atoms with Gasteiger partial charge in [0, 0.05) is 19.5 Å². The number of likely N-dealkylation sites (N-methyl/N-ethyl adjacent to an activating group) is 1. The highest BCUT2D eigenvalue weighted by Gasteiger charge is 2.02. The van der Waals surface area contributed by atoms with Crippen LogP contribution >= 0.6 is 0 Å². The molecule has 83 valence electrons. The van der Waals surface area contributed by atoms with Gasteiger partial charge >= 0.3 is 0 Å². The molecule has 1 aromatic carbocycles. The Hall–Kier alpha value is -1.54. The highest BCUT2D eigenvalue weighted by molar-refractivity contribution is 5.15. The SMILES string of the molecule is CN(C[CH]c1ccco1)Cc1ccccc1. The summed E-state index contributed by atoms with van der Waals surface area (Å²) < 4.78 is 5.25. The molecule has 2 aromatic rings. The molecule has 1 heterocycles. The monoisotopic (exact) mass is 214 g/mol. The number of benzene rings is 1. The van der Waals surface area contributed by atoms with Gasteiger partial charge in [0.25, 0.3) is 0 Å². The average Bonchev–Trinajstić information content (AvgIpc) is 2.81. The fourth-order valence-electron chi connectivity index (χ4n) is 1.61. The molecule has 2 heteroatoms. The van der Waals surface area contributed by atoms with Crippen molar-refractivity contribution in [3.05, 3.63) is 66.5 Å². The van der Waals surface area contributed by atoms with Crippen LogP contribution in [0, 0.1) is 6.42 Å². The Balaban J connectivity index is 1.78. The molecule has 2 rings (SSSR count). The second kappa shape index (κ2) is 5.52. The van der Waals surface area contributed by atoms with E-state index in [9.17, 15) is 0 Å². The van der Waals surface area contributed by atoms with E-state index in [0.29, 0.717) is 0 Å². The van der Waals surface area contributed by atoms with Gasteiger partial charge in [0.1, 0.15) is 5.76 Å². The van der Waals surface area contributed by atoms with Crippen molar-refractivity contribution < 1.29 is 4.42 Å². The highest BCUT2D eigenvalue weighted by Crippen LogP contribution is 2.07. The molecule has 0 atom stereocenters. The first kappa shape index (κ1) is 11.0. The van der Waals surface area contributed by atoms with E-state index in [0.717, 1.165) is 18.8 Å². The summed E-state index contributed by atoms with van der Waals surface area (Å²) in [5.74, 6) is 0.930. The Kier molecular flexibility index (Phi) is 3.78. The second-order valence-electron chi connectivity index (χ2n) is 3.90. The van der Waals surface area contributed by atoms with Gasteiger partial charge in [0.05, 0.1) is 6.26 Å². The third kappa shape index (κ3) is 3.24. The van der Waals surface area contributed by atoms with Gasteiger partial charge in [0.15, 0.2) is 0 Å². The van der Waals surface area contributed by atoms with Crippen molar-refractivity contribution in [1.29, 1.82) is 0 Å². The number of rotatable bonds is 5. The molecule has 0 bridgehead atoms. The van der Waals surface area contributed by atoms with Crippen molar-refractivity contribution in [3.63, 3.8) is 0 Å². The number of hydrogen-bond acceptors (Lipinski definition) is 2. The summed E-state index contributed by atoms with van der Waals surface area (Å²) in [4.78, 5) is 2.25. The van der Waals surface area contributed by atoms with Crippen LogP contribution in [0.25, 0.3) is 0 Å². The lowest BCUT2D eigenvalue weighted by Crippen LogP contribution is -2.19. The smallest absolute Gasteiger partial charge is 0.108 e. The first-order valence-electron chi connectivity index (χ1n) is 5.44. The number of furan rings is 1. The molecule has 0 N–H and O–H groups in total. The van der Waals surface area contributed by atoms with Crippen LogP contribution in [-0.4, -0.2) is 18.5 Å². The van der Waals surface area contributed by atoms with Crippen LogP contribution in [-0.2, 0) is 6.54 Å². The van der Waals surface area contributed by atoms with Crippen molar-refractivity contribution in [2.45, 2.75) is 6.54 Å². The first-order chi connectivity index (χ1) is 7.84. The van der Waals surface area contributed by atoms with Gasteiger partial charge in [-0.15, -0.1) is 0 Å². The Bertz CT molecular complexity index is 394.